The number of rotatable bonds is 3. The van der Waals surface area contributed by atoms with Gasteiger partial charge in [0.25, 0.3) is 5.91 Å². The Hall–Kier alpha value is -0.0400. The van der Waals surface area contributed by atoms with Crippen molar-refractivity contribution in [2.75, 3.05) is 13.6 Å². The van der Waals surface area contributed by atoms with Gasteiger partial charge in [-0.05, 0) is 53.5 Å². The molecule has 1 aliphatic rings. The molecule has 0 bridgehead atoms. The van der Waals surface area contributed by atoms with Gasteiger partial charge in [-0.15, -0.1) is 0 Å². The molecule has 3 nitrogen and oxygen atoms in total. The maximum Gasteiger partial charge on any atom is 0.254 e. The van der Waals surface area contributed by atoms with Crippen molar-refractivity contribution in [1.29, 1.82) is 0 Å². The van der Waals surface area contributed by atoms with Crippen LogP contribution >= 0.6 is 45.8 Å². The van der Waals surface area contributed by atoms with Crippen molar-refractivity contribution in [3.05, 3.63) is 31.3 Å². The van der Waals surface area contributed by atoms with Crippen LogP contribution in [0.4, 0.5) is 0 Å². The van der Waals surface area contributed by atoms with Crippen LogP contribution in [0.5, 0.6) is 0 Å². The van der Waals surface area contributed by atoms with Crippen molar-refractivity contribution >= 4 is 51.7 Å². The molecular formula is C13H14Cl2INO2. The first-order chi connectivity index (χ1) is 8.88. The quantitative estimate of drug-likeness (QED) is 0.609. The molecule has 19 heavy (non-hydrogen) atoms. The molecule has 0 aromatic heterocycles. The van der Waals surface area contributed by atoms with Gasteiger partial charge in [-0.1, -0.05) is 23.2 Å². The highest BCUT2D eigenvalue weighted by atomic mass is 127. The summed E-state index contributed by atoms with van der Waals surface area (Å²) in [5.41, 5.74) is 0.528. The largest absolute Gasteiger partial charge is 0.393 e. The summed E-state index contributed by atoms with van der Waals surface area (Å²) in [6.07, 6.45) is 1.34. The van der Waals surface area contributed by atoms with Crippen molar-refractivity contribution in [2.24, 2.45) is 5.92 Å². The lowest BCUT2D eigenvalue weighted by Gasteiger charge is -2.34. The van der Waals surface area contributed by atoms with E-state index in [4.69, 9.17) is 23.2 Å². The number of aliphatic hydroxyl groups excluding tert-OH is 1. The predicted octanol–water partition coefficient (Wildman–Crippen LogP) is 3.44. The zero-order valence-corrected chi connectivity index (χ0v) is 14.0. The number of hydrogen-bond acceptors (Lipinski definition) is 2. The lowest BCUT2D eigenvalue weighted by Crippen LogP contribution is -2.39. The van der Waals surface area contributed by atoms with Gasteiger partial charge >= 0.3 is 0 Å². The van der Waals surface area contributed by atoms with Crippen molar-refractivity contribution in [2.45, 2.75) is 18.9 Å². The van der Waals surface area contributed by atoms with Crippen molar-refractivity contribution < 1.29 is 9.90 Å². The smallest absolute Gasteiger partial charge is 0.254 e. The summed E-state index contributed by atoms with van der Waals surface area (Å²) in [5.74, 6) is 0.298. The van der Waals surface area contributed by atoms with E-state index in [1.165, 1.54) is 0 Å². The molecule has 1 amide bonds. The molecule has 0 unspecified atom stereocenters. The van der Waals surface area contributed by atoms with E-state index in [-0.39, 0.29) is 12.0 Å². The Labute approximate surface area is 136 Å². The normalized spacial score (nSPS) is 21.9. The average Bonchev–Trinajstić information content (AvgIpc) is 2.30. The highest BCUT2D eigenvalue weighted by Gasteiger charge is 2.29. The minimum atomic E-state index is -0.200. The molecule has 1 fully saturated rings. The number of aliphatic hydroxyl groups is 1. The summed E-state index contributed by atoms with van der Waals surface area (Å²) in [5, 5.41) is 10.2. The van der Waals surface area contributed by atoms with E-state index >= 15 is 0 Å². The average molecular weight is 414 g/mol. The minimum Gasteiger partial charge on any atom is -0.393 e. The van der Waals surface area contributed by atoms with Gasteiger partial charge in [-0.2, -0.15) is 0 Å². The first kappa shape index (κ1) is 15.4. The monoisotopic (exact) mass is 413 g/mol. The number of carbonyl (C=O) groups excluding carboxylic acids is 1. The lowest BCUT2D eigenvalue weighted by atomic mass is 9.82. The Bertz CT molecular complexity index is 504. The fourth-order valence-corrected chi connectivity index (χ4v) is 3.27. The standard InChI is InChI=1S/C13H14Cl2INO2/c1-17(6-7-2-9(18)3-7)13(19)10-4-8(14)5-11(15)12(10)16/h4-5,7,9,18H,2-3,6H2,1H3. The fourth-order valence-electron chi connectivity index (χ4n) is 2.24. The second kappa shape index (κ2) is 6.16. The van der Waals surface area contributed by atoms with E-state index in [0.29, 0.717) is 31.6 Å². The number of hydrogen-bond donors (Lipinski definition) is 1. The summed E-state index contributed by atoms with van der Waals surface area (Å²) in [6, 6.07) is 3.27. The molecule has 0 atom stereocenters. The molecule has 1 aliphatic carbocycles. The van der Waals surface area contributed by atoms with Gasteiger partial charge in [0.05, 0.1) is 16.7 Å². The Morgan fingerprint density at radius 3 is 2.68 bits per heavy atom. The van der Waals surface area contributed by atoms with E-state index in [9.17, 15) is 9.90 Å². The lowest BCUT2D eigenvalue weighted by molar-refractivity contribution is 0.0265. The van der Waals surface area contributed by atoms with Gasteiger partial charge < -0.3 is 10.0 Å². The van der Waals surface area contributed by atoms with Gasteiger partial charge in [0.2, 0.25) is 0 Å². The zero-order valence-electron chi connectivity index (χ0n) is 10.4. The minimum absolute atomic E-state index is 0.0878. The van der Waals surface area contributed by atoms with Crippen LogP contribution in [0.15, 0.2) is 12.1 Å². The zero-order chi connectivity index (χ0) is 14.2. The predicted molar refractivity (Wildman–Crippen MR) is 84.9 cm³/mol. The molecule has 0 spiro atoms. The van der Waals surface area contributed by atoms with E-state index in [2.05, 4.69) is 22.6 Å². The third-order valence-electron chi connectivity index (χ3n) is 3.31. The van der Waals surface area contributed by atoms with Crippen LogP contribution in [0.1, 0.15) is 23.2 Å². The second-order valence-corrected chi connectivity index (χ2v) is 6.85. The first-order valence-electron chi connectivity index (χ1n) is 5.96. The summed E-state index contributed by atoms with van der Waals surface area (Å²) in [6.45, 7) is 0.649. The number of halogens is 3. The highest BCUT2D eigenvalue weighted by Crippen LogP contribution is 2.30. The summed E-state index contributed by atoms with van der Waals surface area (Å²) in [4.78, 5) is 14.0. The molecule has 1 saturated carbocycles. The van der Waals surface area contributed by atoms with Gasteiger partial charge in [0, 0.05) is 22.2 Å². The Morgan fingerprint density at radius 1 is 1.47 bits per heavy atom. The number of carbonyl (C=O) groups is 1. The maximum atomic E-state index is 12.4. The van der Waals surface area contributed by atoms with Crippen LogP contribution in [-0.4, -0.2) is 35.6 Å². The van der Waals surface area contributed by atoms with Crippen LogP contribution in [0.2, 0.25) is 10.0 Å². The highest BCUT2D eigenvalue weighted by molar-refractivity contribution is 14.1. The number of nitrogens with zero attached hydrogens (tertiary/aromatic N) is 1. The third-order valence-corrected chi connectivity index (χ3v) is 5.31. The first-order valence-corrected chi connectivity index (χ1v) is 7.80. The molecule has 0 radical (unpaired) electrons. The molecule has 1 aromatic carbocycles. The molecule has 2 rings (SSSR count). The third kappa shape index (κ3) is 3.54. The molecule has 104 valence electrons. The molecule has 6 heteroatoms. The van der Waals surface area contributed by atoms with Gasteiger partial charge in [-0.25, -0.2) is 0 Å². The van der Waals surface area contributed by atoms with E-state index in [0.717, 1.165) is 12.8 Å². The van der Waals surface area contributed by atoms with Crippen LogP contribution in [0.25, 0.3) is 0 Å². The van der Waals surface area contributed by atoms with Crippen molar-refractivity contribution in [1.82, 2.24) is 4.90 Å². The van der Waals surface area contributed by atoms with E-state index < -0.39 is 0 Å². The Balaban J connectivity index is 2.10. The van der Waals surface area contributed by atoms with Crippen molar-refractivity contribution in [3.63, 3.8) is 0 Å². The van der Waals surface area contributed by atoms with Crippen LogP contribution < -0.4 is 0 Å². The van der Waals surface area contributed by atoms with Gasteiger partial charge in [0.15, 0.2) is 0 Å². The SMILES string of the molecule is CN(CC1CC(O)C1)C(=O)c1cc(Cl)cc(Cl)c1I. The molecule has 1 aromatic rings. The van der Waals surface area contributed by atoms with E-state index in [1.807, 2.05) is 0 Å². The Morgan fingerprint density at radius 2 is 2.11 bits per heavy atom. The van der Waals surface area contributed by atoms with Crippen molar-refractivity contribution in [3.8, 4) is 0 Å². The number of benzene rings is 1. The van der Waals surface area contributed by atoms with Crippen LogP contribution in [0, 0.1) is 9.49 Å². The maximum absolute atomic E-state index is 12.4. The topological polar surface area (TPSA) is 40.5 Å². The molecular weight excluding hydrogens is 400 g/mol. The molecule has 1 N–H and O–H groups in total. The number of amides is 1. The Kier molecular flexibility index (Phi) is 4.98. The summed E-state index contributed by atoms with van der Waals surface area (Å²) in [7, 11) is 1.76. The molecule has 0 saturated heterocycles. The van der Waals surface area contributed by atoms with Gasteiger partial charge in [-0.3, -0.25) is 4.79 Å². The van der Waals surface area contributed by atoms with Crippen LogP contribution in [0.3, 0.4) is 0 Å². The molecule has 0 heterocycles. The van der Waals surface area contributed by atoms with Crippen LogP contribution in [-0.2, 0) is 0 Å². The fraction of sp³-hybridized carbons (Fsp3) is 0.462. The summed E-state index contributed by atoms with van der Waals surface area (Å²) >= 11 is 14.0. The summed E-state index contributed by atoms with van der Waals surface area (Å²) < 4.78 is 0.717. The molecule has 0 aliphatic heterocycles. The van der Waals surface area contributed by atoms with Gasteiger partial charge in [0.1, 0.15) is 0 Å². The van der Waals surface area contributed by atoms with E-state index in [1.54, 1.807) is 24.1 Å². The second-order valence-electron chi connectivity index (χ2n) is 4.93.